The Hall–Kier alpha value is -0.570. The zero-order valence-electron chi connectivity index (χ0n) is 6.84. The fourth-order valence-corrected chi connectivity index (χ4v) is 0.998. The maximum Gasteiger partial charge on any atom is 0.320 e. The quantitative estimate of drug-likeness (QED) is 0.622. The van der Waals surface area contributed by atoms with Gasteiger partial charge in [0.25, 0.3) is 0 Å². The SMILES string of the molecule is CC(NCCC1CC1)C(=O)O. The Morgan fingerprint density at radius 3 is 2.82 bits per heavy atom. The number of nitrogens with one attached hydrogen (secondary N) is 1. The minimum absolute atomic E-state index is 0.395. The molecule has 1 fully saturated rings. The van der Waals surface area contributed by atoms with E-state index in [-0.39, 0.29) is 0 Å². The van der Waals surface area contributed by atoms with Crippen LogP contribution in [0, 0.1) is 5.92 Å². The van der Waals surface area contributed by atoms with Crippen molar-refractivity contribution in [2.45, 2.75) is 32.2 Å². The third-order valence-corrected chi connectivity index (χ3v) is 2.07. The predicted octanol–water partition coefficient (Wildman–Crippen LogP) is 0.849. The first-order valence-electron chi connectivity index (χ1n) is 4.16. The molecule has 0 aromatic carbocycles. The second kappa shape index (κ2) is 3.72. The van der Waals surface area contributed by atoms with Gasteiger partial charge >= 0.3 is 5.97 Å². The van der Waals surface area contributed by atoms with E-state index in [2.05, 4.69) is 5.32 Å². The van der Waals surface area contributed by atoms with Gasteiger partial charge in [-0.25, -0.2) is 0 Å². The number of hydrogen-bond acceptors (Lipinski definition) is 2. The lowest BCUT2D eigenvalue weighted by molar-refractivity contribution is -0.138. The Kier molecular flexibility index (Phi) is 2.88. The van der Waals surface area contributed by atoms with Crippen molar-refractivity contribution in [1.29, 1.82) is 0 Å². The molecular weight excluding hydrogens is 142 g/mol. The molecule has 0 spiro atoms. The number of carboxylic acid groups (broad SMARTS) is 1. The summed E-state index contributed by atoms with van der Waals surface area (Å²) in [7, 11) is 0. The van der Waals surface area contributed by atoms with Crippen molar-refractivity contribution in [3.8, 4) is 0 Å². The lowest BCUT2D eigenvalue weighted by Gasteiger charge is -2.07. The van der Waals surface area contributed by atoms with Crippen LogP contribution in [0.5, 0.6) is 0 Å². The molecule has 0 aromatic rings. The summed E-state index contributed by atoms with van der Waals surface area (Å²) < 4.78 is 0. The summed E-state index contributed by atoms with van der Waals surface area (Å²) in [6, 6.07) is -0.395. The van der Waals surface area contributed by atoms with E-state index in [9.17, 15) is 4.79 Å². The first-order chi connectivity index (χ1) is 5.20. The largest absolute Gasteiger partial charge is 0.480 e. The smallest absolute Gasteiger partial charge is 0.320 e. The molecule has 0 amide bonds. The van der Waals surface area contributed by atoms with E-state index in [4.69, 9.17) is 5.11 Å². The highest BCUT2D eigenvalue weighted by Gasteiger charge is 2.20. The Labute approximate surface area is 66.8 Å². The van der Waals surface area contributed by atoms with Crippen molar-refractivity contribution in [1.82, 2.24) is 5.32 Å². The number of carboxylic acids is 1. The maximum atomic E-state index is 10.3. The first-order valence-corrected chi connectivity index (χ1v) is 4.16. The summed E-state index contributed by atoms with van der Waals surface area (Å²) in [5.74, 6) is 0.115. The molecule has 0 saturated heterocycles. The summed E-state index contributed by atoms with van der Waals surface area (Å²) >= 11 is 0. The molecular formula is C8H15NO2. The number of carbonyl (C=O) groups is 1. The van der Waals surface area contributed by atoms with Gasteiger partial charge in [-0.05, 0) is 25.8 Å². The van der Waals surface area contributed by atoms with Crippen molar-refractivity contribution in [3.05, 3.63) is 0 Å². The summed E-state index contributed by atoms with van der Waals surface area (Å²) in [6.07, 6.45) is 3.81. The second-order valence-corrected chi connectivity index (χ2v) is 3.25. The molecule has 1 unspecified atom stereocenters. The van der Waals surface area contributed by atoms with E-state index in [0.717, 1.165) is 18.9 Å². The number of aliphatic carboxylic acids is 1. The molecule has 0 bridgehead atoms. The summed E-state index contributed by atoms with van der Waals surface area (Å²) in [5, 5.41) is 11.5. The third kappa shape index (κ3) is 3.37. The molecule has 0 radical (unpaired) electrons. The van der Waals surface area contributed by atoms with Crippen LogP contribution < -0.4 is 5.32 Å². The highest BCUT2D eigenvalue weighted by molar-refractivity contribution is 5.72. The van der Waals surface area contributed by atoms with E-state index in [1.165, 1.54) is 12.8 Å². The second-order valence-electron chi connectivity index (χ2n) is 3.25. The average molecular weight is 157 g/mol. The van der Waals surface area contributed by atoms with Gasteiger partial charge in [0.2, 0.25) is 0 Å². The van der Waals surface area contributed by atoms with Crippen LogP contribution in [0.3, 0.4) is 0 Å². The van der Waals surface area contributed by atoms with E-state index in [1.54, 1.807) is 6.92 Å². The molecule has 3 nitrogen and oxygen atoms in total. The fourth-order valence-electron chi connectivity index (χ4n) is 0.998. The van der Waals surface area contributed by atoms with Crippen LogP contribution in [0.4, 0.5) is 0 Å². The van der Waals surface area contributed by atoms with E-state index >= 15 is 0 Å². The van der Waals surface area contributed by atoms with Crippen molar-refractivity contribution in [2.75, 3.05) is 6.54 Å². The minimum atomic E-state index is -0.763. The van der Waals surface area contributed by atoms with Crippen molar-refractivity contribution in [3.63, 3.8) is 0 Å². The Morgan fingerprint density at radius 2 is 2.36 bits per heavy atom. The van der Waals surface area contributed by atoms with Gasteiger partial charge in [-0.1, -0.05) is 12.8 Å². The van der Waals surface area contributed by atoms with Crippen LogP contribution in [0.2, 0.25) is 0 Å². The lowest BCUT2D eigenvalue weighted by Crippen LogP contribution is -2.34. The number of rotatable bonds is 5. The maximum absolute atomic E-state index is 10.3. The molecule has 0 heterocycles. The first kappa shape index (κ1) is 8.53. The van der Waals surface area contributed by atoms with Gasteiger partial charge in [-0.2, -0.15) is 0 Å². The van der Waals surface area contributed by atoms with Gasteiger partial charge in [0.05, 0.1) is 0 Å². The normalized spacial score (nSPS) is 19.7. The Bertz CT molecular complexity index is 143. The van der Waals surface area contributed by atoms with Crippen LogP contribution in [0.25, 0.3) is 0 Å². The average Bonchev–Trinajstić information content (AvgIpc) is 2.71. The molecule has 1 atom stereocenters. The van der Waals surface area contributed by atoms with Crippen molar-refractivity contribution >= 4 is 5.97 Å². The summed E-state index contributed by atoms with van der Waals surface area (Å²) in [4.78, 5) is 10.3. The zero-order chi connectivity index (χ0) is 8.27. The molecule has 2 N–H and O–H groups in total. The fraction of sp³-hybridized carbons (Fsp3) is 0.875. The monoisotopic (exact) mass is 157 g/mol. The van der Waals surface area contributed by atoms with Gasteiger partial charge < -0.3 is 10.4 Å². The van der Waals surface area contributed by atoms with Gasteiger partial charge in [-0.3, -0.25) is 4.79 Å². The topological polar surface area (TPSA) is 49.3 Å². The molecule has 1 aliphatic carbocycles. The Morgan fingerprint density at radius 1 is 1.73 bits per heavy atom. The summed E-state index contributed by atoms with van der Waals surface area (Å²) in [5.41, 5.74) is 0. The molecule has 1 rings (SSSR count). The standard InChI is InChI=1S/C8H15NO2/c1-6(8(10)11)9-5-4-7-2-3-7/h6-7,9H,2-5H2,1H3,(H,10,11). The highest BCUT2D eigenvalue weighted by Crippen LogP contribution is 2.31. The van der Waals surface area contributed by atoms with Crippen LogP contribution >= 0.6 is 0 Å². The predicted molar refractivity (Wildman–Crippen MR) is 42.4 cm³/mol. The lowest BCUT2D eigenvalue weighted by atomic mass is 10.2. The van der Waals surface area contributed by atoms with Crippen molar-refractivity contribution in [2.24, 2.45) is 5.92 Å². The van der Waals surface area contributed by atoms with Crippen LogP contribution in [0.15, 0.2) is 0 Å². The molecule has 0 aromatic heterocycles. The molecule has 11 heavy (non-hydrogen) atoms. The number of hydrogen-bond donors (Lipinski definition) is 2. The minimum Gasteiger partial charge on any atom is -0.480 e. The molecule has 1 saturated carbocycles. The van der Waals surface area contributed by atoms with Crippen molar-refractivity contribution < 1.29 is 9.90 Å². The van der Waals surface area contributed by atoms with Gasteiger partial charge in [0.15, 0.2) is 0 Å². The Balaban J connectivity index is 1.96. The van der Waals surface area contributed by atoms with Gasteiger partial charge in [-0.15, -0.1) is 0 Å². The van der Waals surface area contributed by atoms with E-state index in [1.807, 2.05) is 0 Å². The third-order valence-electron chi connectivity index (χ3n) is 2.07. The molecule has 64 valence electrons. The van der Waals surface area contributed by atoms with Gasteiger partial charge in [0.1, 0.15) is 6.04 Å². The summed E-state index contributed by atoms with van der Waals surface area (Å²) in [6.45, 7) is 2.52. The van der Waals surface area contributed by atoms with Crippen LogP contribution in [0.1, 0.15) is 26.2 Å². The van der Waals surface area contributed by atoms with Crippen LogP contribution in [-0.2, 0) is 4.79 Å². The molecule has 0 aliphatic heterocycles. The van der Waals surface area contributed by atoms with E-state index in [0.29, 0.717) is 0 Å². The van der Waals surface area contributed by atoms with Gasteiger partial charge in [0, 0.05) is 0 Å². The van der Waals surface area contributed by atoms with Crippen LogP contribution in [-0.4, -0.2) is 23.7 Å². The van der Waals surface area contributed by atoms with E-state index < -0.39 is 12.0 Å². The highest BCUT2D eigenvalue weighted by atomic mass is 16.4. The molecule has 3 heteroatoms. The zero-order valence-corrected chi connectivity index (χ0v) is 6.84. The molecule has 1 aliphatic rings.